The molecule has 1 amide bonds. The second kappa shape index (κ2) is 9.83. The summed E-state index contributed by atoms with van der Waals surface area (Å²) >= 11 is 0. The van der Waals surface area contributed by atoms with Crippen LogP contribution in [0.1, 0.15) is 21.5 Å². The highest BCUT2D eigenvalue weighted by molar-refractivity contribution is 7.92. The molecule has 0 radical (unpaired) electrons. The van der Waals surface area contributed by atoms with E-state index in [-0.39, 0.29) is 4.90 Å². The number of carbonyl (C=O) groups is 1. The minimum atomic E-state index is -3.95. The van der Waals surface area contributed by atoms with Crippen LogP contribution in [0.3, 0.4) is 0 Å². The van der Waals surface area contributed by atoms with Gasteiger partial charge in [-0.2, -0.15) is 0 Å². The highest BCUT2D eigenvalue weighted by Gasteiger charge is 2.20. The first-order chi connectivity index (χ1) is 15.7. The average Bonchev–Trinajstić information content (AvgIpc) is 2.80. The van der Waals surface area contributed by atoms with E-state index in [0.717, 1.165) is 5.56 Å². The van der Waals surface area contributed by atoms with Crippen molar-refractivity contribution in [2.45, 2.75) is 18.7 Å². The summed E-state index contributed by atoms with van der Waals surface area (Å²) in [5, 5.41) is 2.74. The van der Waals surface area contributed by atoms with Gasteiger partial charge in [0.05, 0.1) is 31.9 Å². The van der Waals surface area contributed by atoms with Crippen LogP contribution < -0.4 is 24.2 Å². The summed E-state index contributed by atoms with van der Waals surface area (Å²) in [5.74, 6) is 0.974. The zero-order chi connectivity index (χ0) is 24.2. The van der Waals surface area contributed by atoms with Gasteiger partial charge in [-0.15, -0.1) is 0 Å². The molecule has 0 saturated carbocycles. The number of nitrogens with one attached hydrogen (secondary N) is 2. The van der Waals surface area contributed by atoms with Crippen LogP contribution in [0, 0.1) is 13.8 Å². The average molecular weight is 471 g/mol. The van der Waals surface area contributed by atoms with Gasteiger partial charge in [-0.05, 0) is 55.8 Å². The maximum Gasteiger partial charge on any atom is 0.262 e. The van der Waals surface area contributed by atoms with Gasteiger partial charge in [-0.3, -0.25) is 9.52 Å². The topological polar surface area (TPSA) is 103 Å². The molecule has 174 valence electrons. The SMILES string of the molecule is COc1ccccc1NS(=O)(=O)c1cc(NC(=O)c2cc(OC)c(C)c(OC)c2)ccc1C. The lowest BCUT2D eigenvalue weighted by molar-refractivity contribution is 0.102. The predicted octanol–water partition coefficient (Wildman–Crippen LogP) is 4.38. The van der Waals surface area contributed by atoms with Crippen LogP contribution in [0.2, 0.25) is 0 Å². The molecule has 0 fully saturated rings. The summed E-state index contributed by atoms with van der Waals surface area (Å²) in [6, 6.07) is 14.6. The van der Waals surface area contributed by atoms with Crippen molar-refractivity contribution < 1.29 is 27.4 Å². The molecule has 9 heteroatoms. The normalized spacial score (nSPS) is 10.9. The fourth-order valence-corrected chi connectivity index (χ4v) is 4.66. The van der Waals surface area contributed by atoms with Crippen LogP contribution in [0.25, 0.3) is 0 Å². The molecule has 0 saturated heterocycles. The van der Waals surface area contributed by atoms with Crippen LogP contribution in [0.4, 0.5) is 11.4 Å². The van der Waals surface area contributed by atoms with Crippen molar-refractivity contribution in [2.24, 2.45) is 0 Å². The van der Waals surface area contributed by atoms with Crippen LogP contribution >= 0.6 is 0 Å². The number of sulfonamides is 1. The summed E-state index contributed by atoms with van der Waals surface area (Å²) in [6.07, 6.45) is 0. The molecule has 0 aromatic heterocycles. The van der Waals surface area contributed by atoms with Gasteiger partial charge in [-0.25, -0.2) is 8.42 Å². The molecule has 0 aliphatic carbocycles. The molecule has 2 N–H and O–H groups in total. The predicted molar refractivity (Wildman–Crippen MR) is 127 cm³/mol. The Balaban J connectivity index is 1.91. The molecule has 3 aromatic carbocycles. The third-order valence-electron chi connectivity index (χ3n) is 5.10. The van der Waals surface area contributed by atoms with Crippen molar-refractivity contribution in [3.63, 3.8) is 0 Å². The van der Waals surface area contributed by atoms with E-state index < -0.39 is 15.9 Å². The van der Waals surface area contributed by atoms with Gasteiger partial charge in [-0.1, -0.05) is 18.2 Å². The van der Waals surface area contributed by atoms with E-state index in [0.29, 0.717) is 39.8 Å². The first-order valence-electron chi connectivity index (χ1n) is 10.0. The fraction of sp³-hybridized carbons (Fsp3) is 0.208. The molecule has 0 unspecified atom stereocenters. The zero-order valence-electron chi connectivity index (χ0n) is 19.1. The van der Waals surface area contributed by atoms with Crippen molar-refractivity contribution in [2.75, 3.05) is 31.4 Å². The first kappa shape index (κ1) is 23.9. The summed E-state index contributed by atoms with van der Waals surface area (Å²) in [6.45, 7) is 3.50. The largest absolute Gasteiger partial charge is 0.496 e. The third kappa shape index (κ3) is 5.20. The maximum atomic E-state index is 13.1. The Bertz CT molecular complexity index is 1260. The van der Waals surface area contributed by atoms with Crippen LogP contribution in [-0.2, 0) is 10.0 Å². The van der Waals surface area contributed by atoms with Crippen molar-refractivity contribution in [1.29, 1.82) is 0 Å². The number of ether oxygens (including phenoxy) is 3. The molecule has 3 aromatic rings. The molecule has 0 bridgehead atoms. The highest BCUT2D eigenvalue weighted by Crippen LogP contribution is 2.31. The molecule has 0 heterocycles. The van der Waals surface area contributed by atoms with Gasteiger partial charge in [0.25, 0.3) is 15.9 Å². The number of amides is 1. The Kier molecular flexibility index (Phi) is 7.13. The van der Waals surface area contributed by atoms with E-state index in [1.165, 1.54) is 27.4 Å². The Morgan fingerprint density at radius 1 is 0.818 bits per heavy atom. The molecular weight excluding hydrogens is 444 g/mol. The number of aryl methyl sites for hydroxylation is 1. The number of benzene rings is 3. The molecule has 0 aliphatic rings. The molecule has 33 heavy (non-hydrogen) atoms. The summed E-state index contributed by atoms with van der Waals surface area (Å²) in [7, 11) is 0.533. The number of methoxy groups -OCH3 is 3. The molecule has 3 rings (SSSR count). The summed E-state index contributed by atoms with van der Waals surface area (Å²) in [5.41, 5.74) is 2.24. The van der Waals surface area contributed by atoms with E-state index in [2.05, 4.69) is 10.0 Å². The summed E-state index contributed by atoms with van der Waals surface area (Å²) in [4.78, 5) is 12.9. The number of hydrogen-bond acceptors (Lipinski definition) is 6. The number of rotatable bonds is 8. The number of hydrogen-bond donors (Lipinski definition) is 2. The summed E-state index contributed by atoms with van der Waals surface area (Å²) < 4.78 is 44.6. The van der Waals surface area contributed by atoms with Gasteiger partial charge in [0.1, 0.15) is 17.2 Å². The number of carbonyl (C=O) groups excluding carboxylic acids is 1. The van der Waals surface area contributed by atoms with Gasteiger partial charge >= 0.3 is 0 Å². The molecular formula is C24H26N2O6S. The highest BCUT2D eigenvalue weighted by atomic mass is 32.2. The van der Waals surface area contributed by atoms with Gasteiger partial charge in [0.15, 0.2) is 0 Å². The second-order valence-electron chi connectivity index (χ2n) is 7.25. The monoisotopic (exact) mass is 470 g/mol. The van der Waals surface area contributed by atoms with Crippen LogP contribution in [0.5, 0.6) is 17.2 Å². The zero-order valence-corrected chi connectivity index (χ0v) is 19.9. The van der Waals surface area contributed by atoms with Crippen molar-refractivity contribution in [1.82, 2.24) is 0 Å². The minimum Gasteiger partial charge on any atom is -0.496 e. The number of para-hydroxylation sites is 2. The quantitative estimate of drug-likeness (QED) is 0.506. The van der Waals surface area contributed by atoms with E-state index in [9.17, 15) is 13.2 Å². The molecule has 0 atom stereocenters. The lowest BCUT2D eigenvalue weighted by Gasteiger charge is -2.15. The van der Waals surface area contributed by atoms with Gasteiger partial charge < -0.3 is 19.5 Å². The Morgan fingerprint density at radius 3 is 2.03 bits per heavy atom. The van der Waals surface area contributed by atoms with Crippen molar-refractivity contribution in [3.8, 4) is 17.2 Å². The van der Waals surface area contributed by atoms with Crippen LogP contribution in [0.15, 0.2) is 59.5 Å². The molecule has 0 aliphatic heterocycles. The van der Waals surface area contributed by atoms with Gasteiger partial charge in [0.2, 0.25) is 0 Å². The van der Waals surface area contributed by atoms with Crippen LogP contribution in [-0.4, -0.2) is 35.7 Å². The standard InChI is InChI=1S/C24H26N2O6S/c1-15-10-11-18(25-24(27)17-12-21(31-4)16(2)22(13-17)32-5)14-23(15)33(28,29)26-19-8-6-7-9-20(19)30-3/h6-14,26H,1-5H3,(H,25,27). The minimum absolute atomic E-state index is 0.0327. The first-order valence-corrected chi connectivity index (χ1v) is 11.5. The van der Waals surface area contributed by atoms with E-state index >= 15 is 0 Å². The maximum absolute atomic E-state index is 13.1. The van der Waals surface area contributed by atoms with Crippen molar-refractivity contribution >= 4 is 27.3 Å². The molecule has 8 nitrogen and oxygen atoms in total. The Labute approximate surface area is 193 Å². The van der Waals surface area contributed by atoms with E-state index in [4.69, 9.17) is 14.2 Å². The molecule has 0 spiro atoms. The number of anilines is 2. The second-order valence-corrected chi connectivity index (χ2v) is 8.90. The Morgan fingerprint density at radius 2 is 1.42 bits per heavy atom. The van der Waals surface area contributed by atoms with E-state index in [1.54, 1.807) is 55.5 Å². The lowest BCUT2D eigenvalue weighted by atomic mass is 10.1. The van der Waals surface area contributed by atoms with Crippen molar-refractivity contribution in [3.05, 3.63) is 71.3 Å². The smallest absolute Gasteiger partial charge is 0.262 e. The fourth-order valence-electron chi connectivity index (χ4n) is 3.32. The van der Waals surface area contributed by atoms with E-state index in [1.807, 2.05) is 6.92 Å². The Hall–Kier alpha value is -3.72. The lowest BCUT2D eigenvalue weighted by Crippen LogP contribution is -2.17. The third-order valence-corrected chi connectivity index (χ3v) is 6.61. The van der Waals surface area contributed by atoms with Gasteiger partial charge in [0, 0.05) is 16.8 Å².